The van der Waals surface area contributed by atoms with Gasteiger partial charge in [0.05, 0.1) is 0 Å². The number of carbonyl (C=O) groups excluding carboxylic acids is 2. The van der Waals surface area contributed by atoms with Gasteiger partial charge >= 0.3 is 0 Å². The van der Waals surface area contributed by atoms with Gasteiger partial charge in [-0.3, -0.25) is 9.59 Å². The number of hydrogen-bond donors (Lipinski definition) is 2. The minimum Gasteiger partial charge on any atom is -0.508 e. The van der Waals surface area contributed by atoms with Crippen molar-refractivity contribution in [2.45, 2.75) is 26.3 Å². The van der Waals surface area contributed by atoms with Gasteiger partial charge in [-0.05, 0) is 36.8 Å². The van der Waals surface area contributed by atoms with E-state index in [0.717, 1.165) is 11.3 Å². The molecule has 0 aliphatic heterocycles. The van der Waals surface area contributed by atoms with Crippen molar-refractivity contribution >= 4 is 17.5 Å². The summed E-state index contributed by atoms with van der Waals surface area (Å²) >= 11 is 0. The van der Waals surface area contributed by atoms with Crippen LogP contribution in [0.1, 0.15) is 19.4 Å². The average Bonchev–Trinajstić information content (AvgIpc) is 2.57. The molecule has 0 aromatic heterocycles. The van der Waals surface area contributed by atoms with Crippen molar-refractivity contribution in [3.63, 3.8) is 0 Å². The van der Waals surface area contributed by atoms with Crippen LogP contribution in [0.2, 0.25) is 0 Å². The molecule has 5 nitrogen and oxygen atoms in total. The Hall–Kier alpha value is -2.82. The normalized spacial score (nSPS) is 11.6. The predicted molar refractivity (Wildman–Crippen MR) is 93.9 cm³/mol. The van der Waals surface area contributed by atoms with Crippen LogP contribution in [-0.2, 0) is 16.0 Å². The highest BCUT2D eigenvalue weighted by Crippen LogP contribution is 2.17. The summed E-state index contributed by atoms with van der Waals surface area (Å²) in [5, 5.41) is 12.1. The molecule has 0 aliphatic rings. The Bertz CT molecular complexity index is 684. The SMILES string of the molecule is CCN(C(=O)C(Cc1ccc(O)cc1)NC(C)=O)c1ccccc1. The van der Waals surface area contributed by atoms with E-state index in [1.807, 2.05) is 37.3 Å². The summed E-state index contributed by atoms with van der Waals surface area (Å²) in [7, 11) is 0. The van der Waals surface area contributed by atoms with Crippen molar-refractivity contribution in [2.24, 2.45) is 0 Å². The van der Waals surface area contributed by atoms with Crippen molar-refractivity contribution < 1.29 is 14.7 Å². The molecule has 0 bridgehead atoms. The summed E-state index contributed by atoms with van der Waals surface area (Å²) in [4.78, 5) is 26.1. The molecule has 0 saturated carbocycles. The fraction of sp³-hybridized carbons (Fsp3) is 0.263. The topological polar surface area (TPSA) is 69.6 Å². The molecule has 0 fully saturated rings. The van der Waals surface area contributed by atoms with Crippen LogP contribution in [-0.4, -0.2) is 29.5 Å². The number of likely N-dealkylation sites (N-methyl/N-ethyl adjacent to an activating group) is 1. The molecule has 0 radical (unpaired) electrons. The van der Waals surface area contributed by atoms with Crippen LogP contribution in [0.3, 0.4) is 0 Å². The number of carbonyl (C=O) groups is 2. The van der Waals surface area contributed by atoms with E-state index in [2.05, 4.69) is 5.32 Å². The molecule has 1 unspecified atom stereocenters. The van der Waals surface area contributed by atoms with Crippen molar-refractivity contribution in [2.75, 3.05) is 11.4 Å². The predicted octanol–water partition coefficient (Wildman–Crippen LogP) is 2.49. The third kappa shape index (κ3) is 4.59. The van der Waals surface area contributed by atoms with Crippen LogP contribution >= 0.6 is 0 Å². The van der Waals surface area contributed by atoms with Crippen LogP contribution < -0.4 is 10.2 Å². The first-order valence-corrected chi connectivity index (χ1v) is 7.92. The number of anilines is 1. The van der Waals surface area contributed by atoms with E-state index in [9.17, 15) is 14.7 Å². The lowest BCUT2D eigenvalue weighted by atomic mass is 10.0. The molecule has 5 heteroatoms. The summed E-state index contributed by atoms with van der Waals surface area (Å²) in [5.74, 6) is -0.246. The van der Waals surface area contributed by atoms with Gasteiger partial charge in [-0.2, -0.15) is 0 Å². The first-order chi connectivity index (χ1) is 11.5. The smallest absolute Gasteiger partial charge is 0.249 e. The van der Waals surface area contributed by atoms with Crippen molar-refractivity contribution in [1.29, 1.82) is 0 Å². The maximum Gasteiger partial charge on any atom is 0.249 e. The fourth-order valence-corrected chi connectivity index (χ4v) is 2.57. The van der Waals surface area contributed by atoms with E-state index in [1.54, 1.807) is 29.2 Å². The Labute approximate surface area is 141 Å². The highest BCUT2D eigenvalue weighted by atomic mass is 16.3. The standard InChI is InChI=1S/C19H22N2O3/c1-3-21(16-7-5-4-6-8-16)19(24)18(20-14(2)22)13-15-9-11-17(23)12-10-15/h4-12,18,23H,3,13H2,1-2H3,(H,20,22). The number of benzene rings is 2. The zero-order valence-electron chi connectivity index (χ0n) is 13.9. The highest BCUT2D eigenvalue weighted by Gasteiger charge is 2.25. The van der Waals surface area contributed by atoms with Gasteiger partial charge in [-0.25, -0.2) is 0 Å². The second-order valence-corrected chi connectivity index (χ2v) is 5.54. The van der Waals surface area contributed by atoms with Crippen molar-refractivity contribution in [1.82, 2.24) is 5.32 Å². The average molecular weight is 326 g/mol. The molecule has 0 heterocycles. The Morgan fingerprint density at radius 1 is 1.08 bits per heavy atom. The number of phenolic OH excluding ortho intramolecular Hbond substituents is 1. The van der Waals surface area contributed by atoms with E-state index in [-0.39, 0.29) is 17.6 Å². The van der Waals surface area contributed by atoms with Crippen LogP contribution in [0, 0.1) is 0 Å². The molecule has 0 saturated heterocycles. The van der Waals surface area contributed by atoms with Crippen molar-refractivity contribution in [3.05, 3.63) is 60.2 Å². The summed E-state index contributed by atoms with van der Waals surface area (Å²) < 4.78 is 0. The number of rotatable bonds is 6. The minimum absolute atomic E-state index is 0.160. The second kappa shape index (κ2) is 8.15. The number of aromatic hydroxyl groups is 1. The van der Waals surface area contributed by atoms with Gasteiger partial charge in [0.25, 0.3) is 0 Å². The molecule has 0 spiro atoms. The van der Waals surface area contributed by atoms with E-state index >= 15 is 0 Å². The van der Waals surface area contributed by atoms with Gasteiger partial charge < -0.3 is 15.3 Å². The number of phenols is 1. The lowest BCUT2D eigenvalue weighted by Crippen LogP contribution is -2.49. The maximum absolute atomic E-state index is 12.9. The third-order valence-corrected chi connectivity index (χ3v) is 3.70. The molecule has 2 aromatic carbocycles. The number of hydrogen-bond acceptors (Lipinski definition) is 3. The molecule has 2 N–H and O–H groups in total. The van der Waals surface area contributed by atoms with Gasteiger partial charge in [0.1, 0.15) is 11.8 Å². The molecular formula is C19H22N2O3. The largest absolute Gasteiger partial charge is 0.508 e. The van der Waals surface area contributed by atoms with Gasteiger partial charge in [-0.15, -0.1) is 0 Å². The molecule has 0 aliphatic carbocycles. The lowest BCUT2D eigenvalue weighted by Gasteiger charge is -2.27. The Morgan fingerprint density at radius 3 is 2.25 bits per heavy atom. The van der Waals surface area contributed by atoms with Gasteiger partial charge in [0, 0.05) is 25.6 Å². The van der Waals surface area contributed by atoms with Gasteiger partial charge in [0.15, 0.2) is 0 Å². The Kier molecular flexibility index (Phi) is 5.95. The quantitative estimate of drug-likeness (QED) is 0.857. The Morgan fingerprint density at radius 2 is 1.71 bits per heavy atom. The van der Waals surface area contributed by atoms with Crippen LogP contribution in [0.25, 0.3) is 0 Å². The van der Waals surface area contributed by atoms with Gasteiger partial charge in [-0.1, -0.05) is 30.3 Å². The Balaban J connectivity index is 2.23. The minimum atomic E-state index is -0.660. The summed E-state index contributed by atoms with van der Waals surface area (Å²) in [5.41, 5.74) is 1.66. The molecule has 2 aromatic rings. The monoisotopic (exact) mass is 326 g/mol. The molecule has 2 rings (SSSR count). The summed E-state index contributed by atoms with van der Waals surface area (Å²) in [6, 6.07) is 15.3. The van der Waals surface area contributed by atoms with Crippen LogP contribution in [0.15, 0.2) is 54.6 Å². The first kappa shape index (κ1) is 17.5. The number of amides is 2. The molecule has 1 atom stereocenters. The molecule has 24 heavy (non-hydrogen) atoms. The fourth-order valence-electron chi connectivity index (χ4n) is 2.57. The van der Waals surface area contributed by atoms with Crippen LogP contribution in [0.4, 0.5) is 5.69 Å². The number of nitrogens with zero attached hydrogens (tertiary/aromatic N) is 1. The lowest BCUT2D eigenvalue weighted by molar-refractivity contribution is -0.126. The molecular weight excluding hydrogens is 304 g/mol. The zero-order chi connectivity index (χ0) is 17.5. The third-order valence-electron chi connectivity index (χ3n) is 3.70. The molecule has 126 valence electrons. The number of para-hydroxylation sites is 1. The van der Waals surface area contributed by atoms with Crippen LogP contribution in [0.5, 0.6) is 5.75 Å². The van der Waals surface area contributed by atoms with Crippen molar-refractivity contribution in [3.8, 4) is 5.75 Å². The molecule has 2 amide bonds. The maximum atomic E-state index is 12.9. The second-order valence-electron chi connectivity index (χ2n) is 5.54. The van der Waals surface area contributed by atoms with E-state index in [4.69, 9.17) is 0 Å². The van der Waals surface area contributed by atoms with E-state index < -0.39 is 6.04 Å². The highest BCUT2D eigenvalue weighted by molar-refractivity contribution is 5.99. The summed E-state index contributed by atoms with van der Waals surface area (Å²) in [6.07, 6.45) is 0.363. The summed E-state index contributed by atoms with van der Waals surface area (Å²) in [6.45, 7) is 3.81. The first-order valence-electron chi connectivity index (χ1n) is 7.92. The van der Waals surface area contributed by atoms with E-state index in [1.165, 1.54) is 6.92 Å². The zero-order valence-corrected chi connectivity index (χ0v) is 13.9. The number of nitrogens with one attached hydrogen (secondary N) is 1. The van der Waals surface area contributed by atoms with E-state index in [0.29, 0.717) is 13.0 Å². The van der Waals surface area contributed by atoms with Gasteiger partial charge in [0.2, 0.25) is 11.8 Å².